The predicted molar refractivity (Wildman–Crippen MR) is 55.4 cm³/mol. The predicted octanol–water partition coefficient (Wildman–Crippen LogP) is -0.0648. The molecule has 1 aromatic rings. The van der Waals surface area contributed by atoms with Crippen LogP contribution in [-0.4, -0.2) is 17.4 Å². The van der Waals surface area contributed by atoms with Crippen molar-refractivity contribution in [1.82, 2.24) is 10.6 Å². The largest absolute Gasteiger partial charge is 0.356 e. The molecule has 0 saturated heterocycles. The van der Waals surface area contributed by atoms with Gasteiger partial charge >= 0.3 is 0 Å². The lowest BCUT2D eigenvalue weighted by atomic mass is 10.3. The maximum Gasteiger partial charge on any atom is 0.272 e. The molecule has 0 radical (unpaired) electrons. The van der Waals surface area contributed by atoms with E-state index in [1.165, 1.54) is 6.20 Å². The molecule has 0 bridgehead atoms. The van der Waals surface area contributed by atoms with Crippen LogP contribution in [0.4, 0.5) is 5.69 Å². The summed E-state index contributed by atoms with van der Waals surface area (Å²) in [6.45, 7) is 0. The van der Waals surface area contributed by atoms with Gasteiger partial charge in [0.15, 0.2) is 0 Å². The van der Waals surface area contributed by atoms with Crippen molar-refractivity contribution in [3.8, 4) is 0 Å². The molecular weight excluding hydrogens is 194 g/mol. The molecule has 15 heavy (non-hydrogen) atoms. The summed E-state index contributed by atoms with van der Waals surface area (Å²) in [5.41, 5.74) is 1.18. The van der Waals surface area contributed by atoms with Crippen LogP contribution >= 0.6 is 0 Å². The monoisotopic (exact) mass is 205 g/mol. The third kappa shape index (κ3) is 2.26. The second-order valence-electron chi connectivity index (χ2n) is 3.09. The van der Waals surface area contributed by atoms with Gasteiger partial charge in [0.2, 0.25) is 6.35 Å². The number of aliphatic hydroxyl groups is 1. The molecule has 5 nitrogen and oxygen atoms in total. The number of amides is 1. The maximum atomic E-state index is 11.4. The molecule has 1 unspecified atom stereocenters. The Labute approximate surface area is 86.8 Å². The van der Waals surface area contributed by atoms with Crippen LogP contribution in [0.5, 0.6) is 0 Å². The fourth-order valence-electron chi connectivity index (χ4n) is 1.24. The van der Waals surface area contributed by atoms with Crippen molar-refractivity contribution in [3.63, 3.8) is 0 Å². The average Bonchev–Trinajstić information content (AvgIpc) is 2.24. The van der Waals surface area contributed by atoms with E-state index in [0.29, 0.717) is 5.70 Å². The van der Waals surface area contributed by atoms with Gasteiger partial charge in [0, 0.05) is 11.9 Å². The molecule has 0 fully saturated rings. The summed E-state index contributed by atoms with van der Waals surface area (Å²) >= 11 is 0. The summed E-state index contributed by atoms with van der Waals surface area (Å²) in [4.78, 5) is 11.4. The normalized spacial score (nSPS) is 19.9. The molecule has 1 heterocycles. The molecule has 0 aromatic heterocycles. The minimum atomic E-state index is -1.01. The van der Waals surface area contributed by atoms with Crippen LogP contribution in [0.1, 0.15) is 0 Å². The van der Waals surface area contributed by atoms with E-state index >= 15 is 0 Å². The SMILES string of the molecule is O=C1NC(O)NC=C1Nc1ccccc1. The lowest BCUT2D eigenvalue weighted by Gasteiger charge is -2.21. The zero-order valence-electron chi connectivity index (χ0n) is 7.90. The van der Waals surface area contributed by atoms with Crippen molar-refractivity contribution in [1.29, 1.82) is 0 Å². The zero-order chi connectivity index (χ0) is 10.7. The zero-order valence-corrected chi connectivity index (χ0v) is 7.90. The third-order valence-electron chi connectivity index (χ3n) is 1.95. The van der Waals surface area contributed by atoms with E-state index in [4.69, 9.17) is 5.11 Å². The van der Waals surface area contributed by atoms with Gasteiger partial charge in [-0.1, -0.05) is 18.2 Å². The van der Waals surface area contributed by atoms with Gasteiger partial charge in [-0.25, -0.2) is 0 Å². The molecule has 0 spiro atoms. The molecule has 1 amide bonds. The molecule has 0 aliphatic carbocycles. The van der Waals surface area contributed by atoms with Gasteiger partial charge in [-0.2, -0.15) is 0 Å². The van der Waals surface area contributed by atoms with Gasteiger partial charge in [0.05, 0.1) is 0 Å². The molecule has 1 aromatic carbocycles. The van der Waals surface area contributed by atoms with Crippen molar-refractivity contribution in [2.45, 2.75) is 6.35 Å². The van der Waals surface area contributed by atoms with E-state index in [0.717, 1.165) is 5.69 Å². The standard InChI is InChI=1S/C10H11N3O2/c14-9-8(6-11-10(15)13-9)12-7-4-2-1-3-5-7/h1-6,10-12,15H,(H,13,14). The highest BCUT2D eigenvalue weighted by molar-refractivity contribution is 5.96. The van der Waals surface area contributed by atoms with Gasteiger partial charge in [-0.15, -0.1) is 0 Å². The number of benzene rings is 1. The molecule has 1 atom stereocenters. The smallest absolute Gasteiger partial charge is 0.272 e. The number of anilines is 1. The van der Waals surface area contributed by atoms with Crippen LogP contribution in [-0.2, 0) is 4.79 Å². The molecular formula is C10H11N3O2. The van der Waals surface area contributed by atoms with E-state index in [1.54, 1.807) is 0 Å². The highest BCUT2D eigenvalue weighted by Gasteiger charge is 2.17. The number of hydrogen-bond acceptors (Lipinski definition) is 4. The van der Waals surface area contributed by atoms with E-state index in [1.807, 2.05) is 30.3 Å². The number of carbonyl (C=O) groups is 1. The first-order valence-electron chi connectivity index (χ1n) is 4.53. The molecule has 5 heteroatoms. The molecule has 0 saturated carbocycles. The van der Waals surface area contributed by atoms with Crippen LogP contribution in [0.25, 0.3) is 0 Å². The molecule has 1 aliphatic heterocycles. The van der Waals surface area contributed by atoms with Crippen molar-refractivity contribution in [2.75, 3.05) is 5.32 Å². The number of aliphatic hydroxyl groups excluding tert-OH is 1. The highest BCUT2D eigenvalue weighted by Crippen LogP contribution is 2.09. The Balaban J connectivity index is 2.10. The summed E-state index contributed by atoms with van der Waals surface area (Å²) in [6, 6.07) is 9.32. The lowest BCUT2D eigenvalue weighted by molar-refractivity contribution is -0.121. The Morgan fingerprint density at radius 3 is 2.67 bits per heavy atom. The van der Waals surface area contributed by atoms with E-state index in [-0.39, 0.29) is 5.91 Å². The summed E-state index contributed by atoms with van der Waals surface area (Å²) in [5, 5.41) is 16.9. The fourth-order valence-corrected chi connectivity index (χ4v) is 1.24. The van der Waals surface area contributed by atoms with Crippen molar-refractivity contribution in [2.24, 2.45) is 0 Å². The quantitative estimate of drug-likeness (QED) is 0.545. The van der Waals surface area contributed by atoms with Crippen molar-refractivity contribution < 1.29 is 9.90 Å². The average molecular weight is 205 g/mol. The third-order valence-corrected chi connectivity index (χ3v) is 1.95. The summed E-state index contributed by atoms with van der Waals surface area (Å²) in [6.07, 6.45) is 0.426. The number of rotatable bonds is 2. The Morgan fingerprint density at radius 2 is 2.00 bits per heavy atom. The first kappa shape index (κ1) is 9.54. The number of hydrogen-bond donors (Lipinski definition) is 4. The Morgan fingerprint density at radius 1 is 1.27 bits per heavy atom. The van der Waals surface area contributed by atoms with Crippen LogP contribution in [0.3, 0.4) is 0 Å². The Bertz CT molecular complexity index is 389. The summed E-state index contributed by atoms with van der Waals surface area (Å²) in [7, 11) is 0. The van der Waals surface area contributed by atoms with Crippen LogP contribution in [0.15, 0.2) is 42.2 Å². The van der Waals surface area contributed by atoms with Crippen LogP contribution in [0.2, 0.25) is 0 Å². The fraction of sp³-hybridized carbons (Fsp3) is 0.100. The molecule has 2 rings (SSSR count). The van der Waals surface area contributed by atoms with E-state index in [2.05, 4.69) is 16.0 Å². The van der Waals surface area contributed by atoms with E-state index in [9.17, 15) is 4.79 Å². The summed E-state index contributed by atoms with van der Waals surface area (Å²) in [5.74, 6) is -0.342. The number of nitrogens with one attached hydrogen (secondary N) is 3. The Kier molecular flexibility index (Phi) is 2.55. The first-order chi connectivity index (χ1) is 7.25. The molecule has 4 N–H and O–H groups in total. The minimum Gasteiger partial charge on any atom is -0.356 e. The van der Waals surface area contributed by atoms with Gasteiger partial charge < -0.3 is 21.1 Å². The number of carbonyl (C=O) groups excluding carboxylic acids is 1. The maximum absolute atomic E-state index is 11.4. The second kappa shape index (κ2) is 4.02. The van der Waals surface area contributed by atoms with Gasteiger partial charge in [-0.05, 0) is 12.1 Å². The van der Waals surface area contributed by atoms with E-state index < -0.39 is 6.35 Å². The molecule has 78 valence electrons. The van der Waals surface area contributed by atoms with Crippen molar-refractivity contribution in [3.05, 3.63) is 42.2 Å². The van der Waals surface area contributed by atoms with Gasteiger partial charge in [0.1, 0.15) is 5.70 Å². The minimum absolute atomic E-state index is 0.342. The second-order valence-corrected chi connectivity index (χ2v) is 3.09. The van der Waals surface area contributed by atoms with Gasteiger partial charge in [-0.3, -0.25) is 4.79 Å². The topological polar surface area (TPSA) is 73.4 Å². The molecule has 1 aliphatic rings. The van der Waals surface area contributed by atoms with Crippen LogP contribution < -0.4 is 16.0 Å². The first-order valence-corrected chi connectivity index (χ1v) is 4.53. The summed E-state index contributed by atoms with van der Waals surface area (Å²) < 4.78 is 0. The van der Waals surface area contributed by atoms with Crippen LogP contribution in [0, 0.1) is 0 Å². The van der Waals surface area contributed by atoms with Gasteiger partial charge in [0.25, 0.3) is 5.91 Å². The number of para-hydroxylation sites is 1. The van der Waals surface area contributed by atoms with Crippen molar-refractivity contribution >= 4 is 11.6 Å². The lowest BCUT2D eigenvalue weighted by Crippen LogP contribution is -2.48. The highest BCUT2D eigenvalue weighted by atomic mass is 16.3. The Hall–Kier alpha value is -2.01.